The molecule has 4 aromatic rings. The normalized spacial score (nSPS) is 12.1. The second-order valence-electron chi connectivity index (χ2n) is 8.70. The van der Waals surface area contributed by atoms with Crippen LogP contribution in [-0.2, 0) is 4.79 Å². The number of hydrogen-bond donors (Lipinski definition) is 1. The lowest BCUT2D eigenvalue weighted by molar-refractivity contribution is -0.118. The lowest BCUT2D eigenvalue weighted by atomic mass is 10.1. The topological polar surface area (TPSA) is 85.6 Å². The number of carbonyl (C=O) groups is 1. The molecular weight excluding hydrogens is 556 g/mol. The highest BCUT2D eigenvalue weighted by atomic mass is 79.9. The molecule has 0 unspecified atom stereocenters. The first-order valence-electron chi connectivity index (χ1n) is 11.8. The maximum atomic E-state index is 13.3. The Hall–Kier alpha value is -3.49. The Labute approximate surface area is 228 Å². The smallest absolute Gasteiger partial charge is 0.282 e. The zero-order chi connectivity index (χ0) is 26.5. The first-order chi connectivity index (χ1) is 17.7. The van der Waals surface area contributed by atoms with Crippen molar-refractivity contribution >= 4 is 56.2 Å². The highest BCUT2D eigenvalue weighted by Gasteiger charge is 2.16. The van der Waals surface area contributed by atoms with Crippen molar-refractivity contribution in [2.45, 2.75) is 33.1 Å². The molecule has 37 heavy (non-hydrogen) atoms. The quantitative estimate of drug-likeness (QED) is 0.240. The van der Waals surface area contributed by atoms with Crippen molar-refractivity contribution in [2.24, 2.45) is 5.10 Å². The highest BCUT2D eigenvalue weighted by Crippen LogP contribution is 2.25. The average Bonchev–Trinajstić information content (AvgIpc) is 2.88. The van der Waals surface area contributed by atoms with Gasteiger partial charge in [0.25, 0.3) is 11.5 Å². The van der Waals surface area contributed by atoms with Crippen LogP contribution in [0.3, 0.4) is 0 Å². The molecule has 0 fully saturated rings. The third kappa shape index (κ3) is 6.45. The lowest BCUT2D eigenvalue weighted by Gasteiger charge is -2.14. The molecule has 0 saturated carbocycles. The third-order valence-electron chi connectivity index (χ3n) is 5.86. The molecule has 190 valence electrons. The number of anilines is 1. The summed E-state index contributed by atoms with van der Waals surface area (Å²) in [5.41, 5.74) is 2.85. The van der Waals surface area contributed by atoms with E-state index in [0.29, 0.717) is 38.8 Å². The SMILES string of the molecule is CC[C@@H](C)c1nc2ccc(Br)cc2c(=O)n1N=Cc1ccc(OCC(=O)Nc2ccc(C)cc2)c(Cl)c1. The Balaban J connectivity index is 1.52. The maximum absolute atomic E-state index is 13.3. The van der Waals surface area contributed by atoms with Crippen LogP contribution >= 0.6 is 27.5 Å². The van der Waals surface area contributed by atoms with Gasteiger partial charge in [-0.3, -0.25) is 9.59 Å². The number of fused-ring (bicyclic) bond motifs is 1. The van der Waals surface area contributed by atoms with Crippen molar-refractivity contribution in [2.75, 3.05) is 11.9 Å². The summed E-state index contributed by atoms with van der Waals surface area (Å²) in [6.07, 6.45) is 2.36. The third-order valence-corrected chi connectivity index (χ3v) is 6.65. The summed E-state index contributed by atoms with van der Waals surface area (Å²) in [6.45, 7) is 5.84. The van der Waals surface area contributed by atoms with Gasteiger partial charge in [0.05, 0.1) is 22.1 Å². The van der Waals surface area contributed by atoms with Gasteiger partial charge >= 0.3 is 0 Å². The minimum Gasteiger partial charge on any atom is -0.482 e. The summed E-state index contributed by atoms with van der Waals surface area (Å²) in [7, 11) is 0. The molecule has 0 aliphatic rings. The fraction of sp³-hybridized carbons (Fsp3) is 0.214. The lowest BCUT2D eigenvalue weighted by Crippen LogP contribution is -2.23. The van der Waals surface area contributed by atoms with Gasteiger partial charge in [-0.2, -0.15) is 9.78 Å². The van der Waals surface area contributed by atoms with Crippen LogP contribution in [0.5, 0.6) is 5.75 Å². The van der Waals surface area contributed by atoms with E-state index in [0.717, 1.165) is 16.5 Å². The molecule has 1 aromatic heterocycles. The van der Waals surface area contributed by atoms with Crippen LogP contribution in [0.25, 0.3) is 10.9 Å². The predicted molar refractivity (Wildman–Crippen MR) is 152 cm³/mol. The number of ether oxygens (including phenoxy) is 1. The van der Waals surface area contributed by atoms with Crippen molar-refractivity contribution in [3.05, 3.63) is 97.5 Å². The van der Waals surface area contributed by atoms with E-state index in [1.807, 2.05) is 57.2 Å². The molecule has 4 rings (SSSR count). The summed E-state index contributed by atoms with van der Waals surface area (Å²) in [6, 6.07) is 18.0. The number of benzene rings is 3. The second kappa shape index (κ2) is 11.7. The van der Waals surface area contributed by atoms with Crippen LogP contribution in [0, 0.1) is 6.92 Å². The molecule has 3 aromatic carbocycles. The van der Waals surface area contributed by atoms with Crippen LogP contribution in [-0.4, -0.2) is 28.4 Å². The number of nitrogens with zero attached hydrogens (tertiary/aromatic N) is 3. The van der Waals surface area contributed by atoms with Crippen molar-refractivity contribution in [1.29, 1.82) is 0 Å². The van der Waals surface area contributed by atoms with Crippen molar-refractivity contribution in [3.8, 4) is 5.75 Å². The fourth-order valence-electron chi connectivity index (χ4n) is 3.60. The molecule has 1 heterocycles. The van der Waals surface area contributed by atoms with Gasteiger partial charge in [0.15, 0.2) is 6.61 Å². The number of nitrogens with one attached hydrogen (secondary N) is 1. The Morgan fingerprint density at radius 3 is 2.65 bits per heavy atom. The number of rotatable bonds is 8. The molecule has 0 aliphatic carbocycles. The Kier molecular flexibility index (Phi) is 8.41. The van der Waals surface area contributed by atoms with Gasteiger partial charge in [0, 0.05) is 16.1 Å². The average molecular weight is 582 g/mol. The standard InChI is InChI=1S/C28H26BrClN4O3/c1-4-18(3)27-33-24-11-8-20(29)14-22(24)28(36)34(27)31-15-19-7-12-25(23(30)13-19)37-16-26(35)32-21-9-5-17(2)6-10-21/h5-15,18H,4,16H2,1-3H3,(H,32,35)/t18-/m1/s1. The number of aryl methyl sites for hydroxylation is 1. The summed E-state index contributed by atoms with van der Waals surface area (Å²) in [4.78, 5) is 30.2. The van der Waals surface area contributed by atoms with Crippen molar-refractivity contribution in [3.63, 3.8) is 0 Å². The largest absolute Gasteiger partial charge is 0.482 e. The van der Waals surface area contributed by atoms with E-state index >= 15 is 0 Å². The van der Waals surface area contributed by atoms with E-state index in [-0.39, 0.29) is 24.0 Å². The molecule has 0 radical (unpaired) electrons. The monoisotopic (exact) mass is 580 g/mol. The predicted octanol–water partition coefficient (Wildman–Crippen LogP) is 6.53. The van der Waals surface area contributed by atoms with E-state index in [9.17, 15) is 9.59 Å². The minimum atomic E-state index is -0.294. The fourth-order valence-corrected chi connectivity index (χ4v) is 4.20. The number of carbonyl (C=O) groups excluding carboxylic acids is 1. The minimum absolute atomic E-state index is 0.0308. The van der Waals surface area contributed by atoms with Crippen LogP contribution in [0.2, 0.25) is 5.02 Å². The van der Waals surface area contributed by atoms with Gasteiger partial charge in [-0.25, -0.2) is 4.98 Å². The Bertz CT molecular complexity index is 1530. The zero-order valence-corrected chi connectivity index (χ0v) is 23.0. The molecule has 9 heteroatoms. The maximum Gasteiger partial charge on any atom is 0.282 e. The van der Waals surface area contributed by atoms with Crippen molar-refractivity contribution in [1.82, 2.24) is 9.66 Å². The molecule has 7 nitrogen and oxygen atoms in total. The number of amides is 1. The number of aromatic nitrogens is 2. The summed E-state index contributed by atoms with van der Waals surface area (Å²) < 4.78 is 7.73. The highest BCUT2D eigenvalue weighted by molar-refractivity contribution is 9.10. The Morgan fingerprint density at radius 2 is 1.95 bits per heavy atom. The van der Waals surface area contributed by atoms with E-state index in [1.165, 1.54) is 4.68 Å². The van der Waals surface area contributed by atoms with Crippen LogP contribution in [0.15, 0.2) is 75.0 Å². The first kappa shape index (κ1) is 26.6. The zero-order valence-electron chi connectivity index (χ0n) is 20.7. The van der Waals surface area contributed by atoms with Gasteiger partial charge < -0.3 is 10.1 Å². The van der Waals surface area contributed by atoms with E-state index < -0.39 is 0 Å². The molecule has 1 N–H and O–H groups in total. The molecule has 0 bridgehead atoms. The number of hydrogen-bond acceptors (Lipinski definition) is 5. The van der Waals surface area contributed by atoms with E-state index in [1.54, 1.807) is 30.5 Å². The van der Waals surface area contributed by atoms with Gasteiger partial charge in [0.2, 0.25) is 0 Å². The molecular formula is C28H26BrClN4O3. The van der Waals surface area contributed by atoms with Gasteiger partial charge in [-0.05, 0) is 67.4 Å². The first-order valence-corrected chi connectivity index (χ1v) is 13.0. The van der Waals surface area contributed by atoms with E-state index in [2.05, 4.69) is 26.3 Å². The Morgan fingerprint density at radius 1 is 1.19 bits per heavy atom. The van der Waals surface area contributed by atoms with Crippen molar-refractivity contribution < 1.29 is 9.53 Å². The summed E-state index contributed by atoms with van der Waals surface area (Å²) in [5, 5.41) is 8.04. The van der Waals surface area contributed by atoms with Crippen LogP contribution in [0.4, 0.5) is 5.69 Å². The number of halogens is 2. The van der Waals surface area contributed by atoms with Gasteiger partial charge in [-0.15, -0.1) is 0 Å². The summed E-state index contributed by atoms with van der Waals surface area (Å²) in [5.74, 6) is 0.693. The van der Waals surface area contributed by atoms with Crippen LogP contribution < -0.4 is 15.6 Å². The molecule has 1 amide bonds. The second-order valence-corrected chi connectivity index (χ2v) is 10.0. The molecule has 0 aliphatic heterocycles. The van der Waals surface area contributed by atoms with Gasteiger partial charge in [-0.1, -0.05) is 59.1 Å². The van der Waals surface area contributed by atoms with Crippen LogP contribution in [0.1, 0.15) is 43.1 Å². The molecule has 1 atom stereocenters. The molecule has 0 spiro atoms. The van der Waals surface area contributed by atoms with E-state index in [4.69, 9.17) is 21.3 Å². The molecule has 0 saturated heterocycles. The summed E-state index contributed by atoms with van der Waals surface area (Å²) >= 11 is 9.82. The van der Waals surface area contributed by atoms with Gasteiger partial charge in [0.1, 0.15) is 11.6 Å².